The molecule has 0 aliphatic carbocycles. The van der Waals surface area contributed by atoms with E-state index in [2.05, 4.69) is 5.32 Å². The highest BCUT2D eigenvalue weighted by Gasteiger charge is 2.24. The third-order valence-electron chi connectivity index (χ3n) is 4.76. The van der Waals surface area contributed by atoms with Crippen LogP contribution in [0.5, 0.6) is 5.75 Å². The zero-order valence-electron chi connectivity index (χ0n) is 16.7. The minimum atomic E-state index is -1.16. The highest BCUT2D eigenvalue weighted by atomic mass is 19.1. The van der Waals surface area contributed by atoms with Crippen LogP contribution in [0.25, 0.3) is 0 Å². The van der Waals surface area contributed by atoms with E-state index >= 15 is 0 Å². The van der Waals surface area contributed by atoms with E-state index in [0.717, 1.165) is 23.8 Å². The van der Waals surface area contributed by atoms with Crippen molar-refractivity contribution in [2.24, 2.45) is 0 Å². The summed E-state index contributed by atoms with van der Waals surface area (Å²) in [5.74, 6) is -2.10. The third-order valence-corrected chi connectivity index (χ3v) is 4.76. The lowest BCUT2D eigenvalue weighted by molar-refractivity contribution is -0.138. The molecule has 3 aromatic rings. The van der Waals surface area contributed by atoms with E-state index < -0.39 is 23.6 Å². The largest absolute Gasteiger partial charge is 0.488 e. The van der Waals surface area contributed by atoms with Gasteiger partial charge < -0.3 is 15.2 Å². The van der Waals surface area contributed by atoms with E-state index in [4.69, 9.17) is 10.00 Å². The number of benzene rings is 3. The normalized spacial score (nSPS) is 11.4. The first-order valence-electron chi connectivity index (χ1n) is 9.60. The fraction of sp³-hybridized carbons (Fsp3) is 0.167. The fourth-order valence-corrected chi connectivity index (χ4v) is 3.06. The van der Waals surface area contributed by atoms with E-state index in [0.29, 0.717) is 23.2 Å². The molecular weight excluding hydrogens is 402 g/mol. The van der Waals surface area contributed by atoms with Crippen molar-refractivity contribution in [2.75, 3.05) is 5.32 Å². The predicted octanol–water partition coefficient (Wildman–Crippen LogP) is 5.22. The minimum Gasteiger partial charge on any atom is -0.488 e. The number of nitriles is 1. The van der Waals surface area contributed by atoms with Crippen LogP contribution < -0.4 is 10.1 Å². The Balaban J connectivity index is 1.92. The topological polar surface area (TPSA) is 82.3 Å². The van der Waals surface area contributed by atoms with Crippen molar-refractivity contribution in [2.45, 2.75) is 26.0 Å². The molecule has 7 heteroatoms. The van der Waals surface area contributed by atoms with E-state index in [1.165, 1.54) is 0 Å². The molecule has 2 N–H and O–H groups in total. The van der Waals surface area contributed by atoms with Gasteiger partial charge in [0.2, 0.25) is 0 Å². The highest BCUT2D eigenvalue weighted by Crippen LogP contribution is 2.31. The Bertz CT molecular complexity index is 1120. The first kappa shape index (κ1) is 21.8. The molecule has 0 saturated heterocycles. The molecule has 0 heterocycles. The third kappa shape index (κ3) is 5.37. The van der Waals surface area contributed by atoms with Gasteiger partial charge in [-0.2, -0.15) is 5.26 Å². The van der Waals surface area contributed by atoms with Gasteiger partial charge in [0.1, 0.15) is 24.0 Å². The van der Waals surface area contributed by atoms with Crippen molar-refractivity contribution < 1.29 is 23.4 Å². The first-order valence-corrected chi connectivity index (χ1v) is 9.60. The van der Waals surface area contributed by atoms with E-state index in [9.17, 15) is 18.7 Å². The summed E-state index contributed by atoms with van der Waals surface area (Å²) in [4.78, 5) is 12.1. The van der Waals surface area contributed by atoms with Gasteiger partial charge in [-0.15, -0.1) is 0 Å². The van der Waals surface area contributed by atoms with Crippen molar-refractivity contribution in [1.82, 2.24) is 0 Å². The van der Waals surface area contributed by atoms with Gasteiger partial charge in [0.05, 0.1) is 11.6 Å². The van der Waals surface area contributed by atoms with E-state index in [-0.39, 0.29) is 17.9 Å². The Kier molecular flexibility index (Phi) is 6.83. The van der Waals surface area contributed by atoms with Gasteiger partial charge in [-0.25, -0.2) is 13.6 Å². The molecule has 0 radical (unpaired) electrons. The summed E-state index contributed by atoms with van der Waals surface area (Å²) in [6.07, 6.45) is 0.676. The monoisotopic (exact) mass is 422 g/mol. The molecule has 0 amide bonds. The number of anilines is 1. The second-order valence-corrected chi connectivity index (χ2v) is 6.85. The quantitative estimate of drug-likeness (QED) is 0.520. The number of aryl methyl sites for hydroxylation is 1. The summed E-state index contributed by atoms with van der Waals surface area (Å²) >= 11 is 0. The molecule has 0 aromatic heterocycles. The van der Waals surface area contributed by atoms with Crippen LogP contribution in [0.4, 0.5) is 14.5 Å². The van der Waals surface area contributed by atoms with Crippen LogP contribution in [-0.2, 0) is 17.8 Å². The molecule has 31 heavy (non-hydrogen) atoms. The molecular formula is C24H20F2N2O3. The average molecular weight is 422 g/mol. The first-order chi connectivity index (χ1) is 14.9. The molecule has 5 nitrogen and oxygen atoms in total. The summed E-state index contributed by atoms with van der Waals surface area (Å²) in [7, 11) is 0. The number of ether oxygens (including phenoxy) is 1. The summed E-state index contributed by atoms with van der Waals surface area (Å²) < 4.78 is 33.1. The number of carboxylic acids is 1. The summed E-state index contributed by atoms with van der Waals surface area (Å²) in [6.45, 7) is 1.68. The van der Waals surface area contributed by atoms with Crippen molar-refractivity contribution in [3.05, 3.63) is 94.6 Å². The van der Waals surface area contributed by atoms with Gasteiger partial charge in [0.15, 0.2) is 6.04 Å². The van der Waals surface area contributed by atoms with Crippen LogP contribution in [0.15, 0.2) is 60.7 Å². The number of carboxylic acid groups (broad SMARTS) is 1. The molecule has 1 atom stereocenters. The van der Waals surface area contributed by atoms with Gasteiger partial charge in [-0.1, -0.05) is 13.0 Å². The Hall–Kier alpha value is -3.92. The van der Waals surface area contributed by atoms with Crippen LogP contribution in [0.2, 0.25) is 0 Å². The Morgan fingerprint density at radius 3 is 2.52 bits per heavy atom. The van der Waals surface area contributed by atoms with E-state index in [1.807, 2.05) is 13.0 Å². The van der Waals surface area contributed by atoms with Crippen LogP contribution in [0.3, 0.4) is 0 Å². The SMILES string of the molecule is CCc1ccc(OCc2cc(F)ccc2F)c([C@@H](Nc2ccc(C#N)cc2)C(=O)O)c1. The molecule has 0 unspecified atom stereocenters. The molecule has 0 saturated carbocycles. The molecule has 0 fully saturated rings. The van der Waals surface area contributed by atoms with Gasteiger partial charge in [-0.05, 0) is 66.6 Å². The molecule has 158 valence electrons. The molecule has 0 bridgehead atoms. The second-order valence-electron chi connectivity index (χ2n) is 6.85. The zero-order valence-corrected chi connectivity index (χ0v) is 16.7. The second kappa shape index (κ2) is 9.72. The molecule has 3 aromatic carbocycles. The number of aliphatic carboxylic acids is 1. The standard InChI is InChI=1S/C24H20F2N2O3/c1-2-15-5-10-22(31-14-17-12-18(25)6-9-21(17)26)20(11-15)23(24(29)30)28-19-7-3-16(13-27)4-8-19/h3-12,23,28H,2,14H2,1H3,(H,29,30)/t23-/m1/s1. The number of hydrogen-bond donors (Lipinski definition) is 2. The smallest absolute Gasteiger partial charge is 0.330 e. The number of nitrogens with zero attached hydrogens (tertiary/aromatic N) is 1. The zero-order chi connectivity index (χ0) is 22.4. The number of rotatable bonds is 8. The summed E-state index contributed by atoms with van der Waals surface area (Å²) in [6, 6.07) is 15.4. The Morgan fingerprint density at radius 2 is 1.87 bits per heavy atom. The lowest BCUT2D eigenvalue weighted by atomic mass is 10.0. The molecule has 0 aliphatic rings. The molecule has 3 rings (SSSR count). The highest BCUT2D eigenvalue weighted by molar-refractivity contribution is 5.80. The number of halogens is 2. The number of hydrogen-bond acceptors (Lipinski definition) is 4. The Morgan fingerprint density at radius 1 is 1.13 bits per heavy atom. The summed E-state index contributed by atoms with van der Waals surface area (Å²) in [5.41, 5.74) is 2.24. The van der Waals surface area contributed by atoms with Crippen LogP contribution in [-0.4, -0.2) is 11.1 Å². The summed E-state index contributed by atoms with van der Waals surface area (Å²) in [5, 5.41) is 21.7. The maximum atomic E-state index is 14.0. The Labute approximate surface area is 178 Å². The number of carbonyl (C=O) groups is 1. The van der Waals surface area contributed by atoms with E-state index in [1.54, 1.807) is 42.5 Å². The van der Waals surface area contributed by atoms with Gasteiger partial charge >= 0.3 is 5.97 Å². The molecule has 0 aliphatic heterocycles. The van der Waals surface area contributed by atoms with Gasteiger partial charge in [-0.3, -0.25) is 0 Å². The fourth-order valence-electron chi connectivity index (χ4n) is 3.06. The van der Waals surface area contributed by atoms with Gasteiger partial charge in [0, 0.05) is 16.8 Å². The van der Waals surface area contributed by atoms with Crippen molar-refractivity contribution in [3.63, 3.8) is 0 Å². The van der Waals surface area contributed by atoms with Crippen molar-refractivity contribution >= 4 is 11.7 Å². The average Bonchev–Trinajstić information content (AvgIpc) is 2.78. The lowest BCUT2D eigenvalue weighted by Crippen LogP contribution is -2.21. The van der Waals surface area contributed by atoms with Crippen molar-refractivity contribution in [1.29, 1.82) is 5.26 Å². The molecule has 0 spiro atoms. The van der Waals surface area contributed by atoms with Crippen LogP contribution in [0, 0.1) is 23.0 Å². The van der Waals surface area contributed by atoms with Crippen LogP contribution in [0.1, 0.15) is 35.2 Å². The van der Waals surface area contributed by atoms with Crippen LogP contribution >= 0.6 is 0 Å². The maximum absolute atomic E-state index is 14.0. The maximum Gasteiger partial charge on any atom is 0.330 e. The van der Waals surface area contributed by atoms with Gasteiger partial charge in [0.25, 0.3) is 0 Å². The lowest BCUT2D eigenvalue weighted by Gasteiger charge is -2.21. The number of nitrogens with one attached hydrogen (secondary N) is 1. The predicted molar refractivity (Wildman–Crippen MR) is 112 cm³/mol. The minimum absolute atomic E-state index is 0.0254. The van der Waals surface area contributed by atoms with Crippen molar-refractivity contribution in [3.8, 4) is 11.8 Å².